The molecule has 0 amide bonds. The van der Waals surface area contributed by atoms with Crippen molar-refractivity contribution in [1.29, 1.82) is 0 Å². The Bertz CT molecular complexity index is 398. The maximum absolute atomic E-state index is 5.69. The minimum atomic E-state index is 0.649. The van der Waals surface area contributed by atoms with Crippen LogP contribution in [0.1, 0.15) is 43.7 Å². The summed E-state index contributed by atoms with van der Waals surface area (Å²) >= 11 is 0. The van der Waals surface area contributed by atoms with E-state index in [2.05, 4.69) is 49.6 Å². The Balaban J connectivity index is 1.99. The zero-order valence-corrected chi connectivity index (χ0v) is 11.5. The van der Waals surface area contributed by atoms with Gasteiger partial charge in [-0.25, -0.2) is 0 Å². The standard InChI is InChI=1S/C16H24N2/c1-12(2)18-10-8-16(9-11-18)15-6-4-14(5-7-15)13(3)17/h4-7,12,16H,3,8-11,17H2,1-2H3. The Morgan fingerprint density at radius 1 is 1.22 bits per heavy atom. The van der Waals surface area contributed by atoms with Gasteiger partial charge in [0.15, 0.2) is 0 Å². The number of piperidine rings is 1. The van der Waals surface area contributed by atoms with E-state index in [9.17, 15) is 0 Å². The van der Waals surface area contributed by atoms with Crippen molar-refractivity contribution in [3.63, 3.8) is 0 Å². The molecule has 0 spiro atoms. The molecule has 0 radical (unpaired) electrons. The van der Waals surface area contributed by atoms with Crippen LogP contribution in [0.4, 0.5) is 0 Å². The van der Waals surface area contributed by atoms with Gasteiger partial charge in [-0.3, -0.25) is 0 Å². The van der Waals surface area contributed by atoms with Crippen LogP contribution in [0.15, 0.2) is 30.8 Å². The van der Waals surface area contributed by atoms with Crippen molar-refractivity contribution in [2.24, 2.45) is 5.73 Å². The van der Waals surface area contributed by atoms with Gasteiger partial charge in [0.1, 0.15) is 0 Å². The number of benzene rings is 1. The molecule has 0 bridgehead atoms. The number of hydrogen-bond acceptors (Lipinski definition) is 2. The highest BCUT2D eigenvalue weighted by Gasteiger charge is 2.21. The molecule has 18 heavy (non-hydrogen) atoms. The number of likely N-dealkylation sites (tertiary alicyclic amines) is 1. The predicted molar refractivity (Wildman–Crippen MR) is 78.3 cm³/mol. The molecule has 1 fully saturated rings. The second-order valence-electron chi connectivity index (χ2n) is 5.55. The van der Waals surface area contributed by atoms with E-state index in [1.165, 1.54) is 31.5 Å². The van der Waals surface area contributed by atoms with Crippen molar-refractivity contribution >= 4 is 5.70 Å². The smallest absolute Gasteiger partial charge is 0.0314 e. The van der Waals surface area contributed by atoms with Crippen molar-refractivity contribution in [2.45, 2.75) is 38.6 Å². The third kappa shape index (κ3) is 2.94. The molecule has 0 atom stereocenters. The molecule has 2 rings (SSSR count). The summed E-state index contributed by atoms with van der Waals surface area (Å²) in [7, 11) is 0. The second kappa shape index (κ2) is 5.57. The monoisotopic (exact) mass is 244 g/mol. The van der Waals surface area contributed by atoms with Crippen molar-refractivity contribution in [3.05, 3.63) is 42.0 Å². The van der Waals surface area contributed by atoms with Crippen molar-refractivity contribution in [1.82, 2.24) is 4.90 Å². The van der Waals surface area contributed by atoms with Gasteiger partial charge < -0.3 is 10.6 Å². The highest BCUT2D eigenvalue weighted by molar-refractivity contribution is 5.60. The summed E-state index contributed by atoms with van der Waals surface area (Å²) in [5.41, 5.74) is 8.83. The second-order valence-corrected chi connectivity index (χ2v) is 5.55. The lowest BCUT2D eigenvalue weighted by molar-refractivity contribution is 0.172. The fourth-order valence-corrected chi connectivity index (χ4v) is 2.72. The van der Waals surface area contributed by atoms with E-state index in [1.54, 1.807) is 0 Å². The molecular formula is C16H24N2. The average Bonchev–Trinajstić information content (AvgIpc) is 2.39. The zero-order valence-electron chi connectivity index (χ0n) is 11.5. The highest BCUT2D eigenvalue weighted by Crippen LogP contribution is 2.29. The quantitative estimate of drug-likeness (QED) is 0.884. The van der Waals surface area contributed by atoms with Gasteiger partial charge in [0, 0.05) is 11.7 Å². The van der Waals surface area contributed by atoms with Crippen LogP contribution in [0.3, 0.4) is 0 Å². The summed E-state index contributed by atoms with van der Waals surface area (Å²) in [6.07, 6.45) is 2.53. The maximum Gasteiger partial charge on any atom is 0.0314 e. The van der Waals surface area contributed by atoms with Crippen LogP contribution in [0.5, 0.6) is 0 Å². The van der Waals surface area contributed by atoms with Crippen molar-refractivity contribution in [3.8, 4) is 0 Å². The van der Waals surface area contributed by atoms with Crippen LogP contribution >= 0.6 is 0 Å². The Hall–Kier alpha value is -1.28. The van der Waals surface area contributed by atoms with E-state index >= 15 is 0 Å². The molecular weight excluding hydrogens is 220 g/mol. The molecule has 1 saturated heterocycles. The number of nitrogens with two attached hydrogens (primary N) is 1. The van der Waals surface area contributed by atoms with Crippen LogP contribution < -0.4 is 5.73 Å². The molecule has 1 aliphatic heterocycles. The molecule has 0 aliphatic carbocycles. The van der Waals surface area contributed by atoms with Gasteiger partial charge in [-0.05, 0) is 56.8 Å². The minimum absolute atomic E-state index is 0.649. The normalized spacial score (nSPS) is 18.2. The van der Waals surface area contributed by atoms with Crippen LogP contribution in [-0.2, 0) is 0 Å². The number of nitrogens with zero attached hydrogens (tertiary/aromatic N) is 1. The molecule has 1 heterocycles. The van der Waals surface area contributed by atoms with E-state index in [1.807, 2.05) is 0 Å². The van der Waals surface area contributed by atoms with E-state index in [0.29, 0.717) is 17.7 Å². The Labute approximate surface area is 110 Å². The fourth-order valence-electron chi connectivity index (χ4n) is 2.72. The fraction of sp³-hybridized carbons (Fsp3) is 0.500. The molecule has 1 aliphatic rings. The number of rotatable bonds is 3. The zero-order chi connectivity index (χ0) is 13.1. The van der Waals surface area contributed by atoms with Gasteiger partial charge in [0.25, 0.3) is 0 Å². The molecule has 1 aromatic carbocycles. The Kier molecular flexibility index (Phi) is 4.07. The average molecular weight is 244 g/mol. The first kappa shape index (κ1) is 13.2. The third-order valence-corrected chi connectivity index (χ3v) is 4.01. The van der Waals surface area contributed by atoms with Gasteiger partial charge in [0.2, 0.25) is 0 Å². The van der Waals surface area contributed by atoms with Gasteiger partial charge in [-0.15, -0.1) is 0 Å². The summed E-state index contributed by atoms with van der Waals surface area (Å²) in [4.78, 5) is 2.56. The van der Waals surface area contributed by atoms with Crippen LogP contribution in [-0.4, -0.2) is 24.0 Å². The largest absolute Gasteiger partial charge is 0.399 e. The minimum Gasteiger partial charge on any atom is -0.399 e. The summed E-state index contributed by atoms with van der Waals surface area (Å²) in [5, 5.41) is 0. The highest BCUT2D eigenvalue weighted by atomic mass is 15.1. The Morgan fingerprint density at radius 2 is 1.78 bits per heavy atom. The maximum atomic E-state index is 5.69. The molecule has 2 nitrogen and oxygen atoms in total. The molecule has 2 N–H and O–H groups in total. The van der Waals surface area contributed by atoms with E-state index in [4.69, 9.17) is 5.73 Å². The summed E-state index contributed by atoms with van der Waals surface area (Å²) in [6, 6.07) is 9.28. The molecule has 0 saturated carbocycles. The van der Waals surface area contributed by atoms with Crippen LogP contribution in [0.2, 0.25) is 0 Å². The van der Waals surface area contributed by atoms with Gasteiger partial charge in [0.05, 0.1) is 0 Å². The summed E-state index contributed by atoms with van der Waals surface area (Å²) in [5.74, 6) is 0.708. The Morgan fingerprint density at radius 3 is 2.22 bits per heavy atom. The molecule has 0 unspecified atom stereocenters. The molecule has 1 aromatic rings. The molecule has 2 heteroatoms. The van der Waals surface area contributed by atoms with Crippen molar-refractivity contribution in [2.75, 3.05) is 13.1 Å². The summed E-state index contributed by atoms with van der Waals surface area (Å²) in [6.45, 7) is 10.8. The predicted octanol–water partition coefficient (Wildman–Crippen LogP) is 3.20. The van der Waals surface area contributed by atoms with Gasteiger partial charge >= 0.3 is 0 Å². The lowest BCUT2D eigenvalue weighted by Gasteiger charge is -2.34. The first-order valence-electron chi connectivity index (χ1n) is 6.86. The van der Waals surface area contributed by atoms with Gasteiger partial charge in [-0.2, -0.15) is 0 Å². The first-order valence-corrected chi connectivity index (χ1v) is 6.86. The lowest BCUT2D eigenvalue weighted by Crippen LogP contribution is -2.37. The van der Waals surface area contributed by atoms with E-state index in [0.717, 1.165) is 5.56 Å². The third-order valence-electron chi connectivity index (χ3n) is 4.01. The van der Waals surface area contributed by atoms with E-state index < -0.39 is 0 Å². The van der Waals surface area contributed by atoms with Gasteiger partial charge in [-0.1, -0.05) is 30.8 Å². The lowest BCUT2D eigenvalue weighted by atomic mass is 9.88. The van der Waals surface area contributed by atoms with Crippen LogP contribution in [0.25, 0.3) is 5.70 Å². The molecule has 98 valence electrons. The summed E-state index contributed by atoms with van der Waals surface area (Å²) < 4.78 is 0. The van der Waals surface area contributed by atoms with Crippen molar-refractivity contribution < 1.29 is 0 Å². The topological polar surface area (TPSA) is 29.3 Å². The number of hydrogen-bond donors (Lipinski definition) is 1. The SMILES string of the molecule is C=C(N)c1ccc(C2CCN(C(C)C)CC2)cc1. The van der Waals surface area contributed by atoms with Crippen LogP contribution in [0, 0.1) is 0 Å². The van der Waals surface area contributed by atoms with E-state index in [-0.39, 0.29) is 0 Å². The molecule has 0 aromatic heterocycles. The first-order chi connectivity index (χ1) is 8.58.